The number of carbonyl (C=O) groups excluding carboxylic acids is 1. The summed E-state index contributed by atoms with van der Waals surface area (Å²) in [6.45, 7) is 2.37. The first kappa shape index (κ1) is 16.6. The van der Waals surface area contributed by atoms with E-state index in [2.05, 4.69) is 0 Å². The number of hydrogen-bond acceptors (Lipinski definition) is 2. The van der Waals surface area contributed by atoms with E-state index >= 15 is 0 Å². The van der Waals surface area contributed by atoms with Crippen LogP contribution in [0, 0.1) is 0 Å². The van der Waals surface area contributed by atoms with E-state index < -0.39 is 0 Å². The molecule has 3 nitrogen and oxygen atoms in total. The van der Waals surface area contributed by atoms with Gasteiger partial charge in [-0.15, -0.1) is 0 Å². The van der Waals surface area contributed by atoms with Crippen LogP contribution in [0.15, 0.2) is 48.5 Å². The summed E-state index contributed by atoms with van der Waals surface area (Å²) in [5, 5.41) is 1.67. The predicted molar refractivity (Wildman–Crippen MR) is 97.9 cm³/mol. The molecule has 0 spiro atoms. The lowest BCUT2D eigenvalue weighted by Crippen LogP contribution is -2.08. The fourth-order valence-corrected chi connectivity index (χ4v) is 3.09. The highest BCUT2D eigenvalue weighted by Crippen LogP contribution is 2.28. The molecule has 3 aromatic rings. The first-order valence-corrected chi connectivity index (χ1v) is 8.47. The quantitative estimate of drug-likeness (QED) is 0.562. The second-order valence-electron chi connectivity index (χ2n) is 5.81. The smallest absolute Gasteiger partial charge is 0.165 e. The van der Waals surface area contributed by atoms with E-state index in [-0.39, 0.29) is 5.78 Å². The number of ketones is 1. The van der Waals surface area contributed by atoms with E-state index in [0.717, 1.165) is 34.3 Å². The molecule has 0 fully saturated rings. The van der Waals surface area contributed by atoms with Crippen LogP contribution in [0.25, 0.3) is 10.9 Å². The Morgan fingerprint density at radius 3 is 2.54 bits per heavy atom. The van der Waals surface area contributed by atoms with Gasteiger partial charge in [-0.3, -0.25) is 4.79 Å². The third-order valence-corrected chi connectivity index (χ3v) is 4.43. The number of hydrogen-bond donors (Lipinski definition) is 0. The Morgan fingerprint density at radius 2 is 1.83 bits per heavy atom. The molecule has 0 bridgehead atoms. The summed E-state index contributed by atoms with van der Waals surface area (Å²) >= 11 is 5.90. The number of rotatable bonds is 6. The van der Waals surface area contributed by atoms with Crippen LogP contribution in [0.1, 0.15) is 35.8 Å². The summed E-state index contributed by atoms with van der Waals surface area (Å²) in [5.74, 6) is 0.905. The van der Waals surface area contributed by atoms with Crippen molar-refractivity contribution >= 4 is 28.3 Å². The minimum atomic E-state index is 0.170. The minimum absolute atomic E-state index is 0.170. The zero-order valence-electron chi connectivity index (χ0n) is 13.9. The maximum Gasteiger partial charge on any atom is 0.165 e. The Bertz CT molecular complexity index is 865. The van der Waals surface area contributed by atoms with Crippen molar-refractivity contribution in [3.8, 4) is 5.75 Å². The van der Waals surface area contributed by atoms with Crippen LogP contribution in [-0.4, -0.2) is 10.4 Å². The Morgan fingerprint density at radius 1 is 1.12 bits per heavy atom. The van der Waals surface area contributed by atoms with Crippen molar-refractivity contribution in [3.63, 3.8) is 0 Å². The van der Waals surface area contributed by atoms with Crippen molar-refractivity contribution in [1.82, 2.24) is 4.57 Å². The van der Waals surface area contributed by atoms with Crippen LogP contribution >= 0.6 is 11.6 Å². The molecule has 0 amide bonds. The van der Waals surface area contributed by atoms with Gasteiger partial charge in [0.1, 0.15) is 12.4 Å². The van der Waals surface area contributed by atoms with Crippen molar-refractivity contribution in [2.45, 2.75) is 26.4 Å². The molecule has 0 aliphatic carbocycles. The number of carbonyl (C=O) groups is 1. The molecule has 0 aliphatic rings. The van der Waals surface area contributed by atoms with Gasteiger partial charge in [0.15, 0.2) is 5.78 Å². The monoisotopic (exact) mass is 341 g/mol. The van der Waals surface area contributed by atoms with Crippen molar-refractivity contribution in [2.24, 2.45) is 7.05 Å². The molecule has 0 radical (unpaired) electrons. The lowest BCUT2D eigenvalue weighted by molar-refractivity contribution is 0.0980. The number of Topliss-reactive ketones (excluding diaryl/α,β-unsaturated/α-hetero) is 1. The molecule has 0 unspecified atom stereocenters. The summed E-state index contributed by atoms with van der Waals surface area (Å²) < 4.78 is 7.94. The Hall–Kier alpha value is -2.26. The van der Waals surface area contributed by atoms with Crippen LogP contribution in [0.3, 0.4) is 0 Å². The predicted octanol–water partition coefficient (Wildman–Crippen LogP) is 5.39. The Kier molecular flexibility index (Phi) is 4.91. The van der Waals surface area contributed by atoms with Crippen LogP contribution < -0.4 is 4.74 Å². The molecule has 1 aromatic heterocycles. The molecule has 124 valence electrons. The van der Waals surface area contributed by atoms with Crippen molar-refractivity contribution in [2.75, 3.05) is 0 Å². The Balaban J connectivity index is 1.99. The van der Waals surface area contributed by atoms with Crippen molar-refractivity contribution in [3.05, 3.63) is 64.8 Å². The summed E-state index contributed by atoms with van der Waals surface area (Å²) in [5.41, 5.74) is 2.74. The van der Waals surface area contributed by atoms with Gasteiger partial charge >= 0.3 is 0 Å². The number of benzene rings is 2. The maximum absolute atomic E-state index is 12.7. The highest BCUT2D eigenvalue weighted by molar-refractivity contribution is 6.30. The van der Waals surface area contributed by atoms with Gasteiger partial charge in [0.25, 0.3) is 0 Å². The number of aromatic nitrogens is 1. The lowest BCUT2D eigenvalue weighted by Gasteiger charge is -2.10. The SMILES string of the molecule is CCCC(=O)c1c(COc2ccc(Cl)cc2)n(C)c2ccccc12. The normalized spacial score (nSPS) is 11.0. The average Bonchev–Trinajstić information content (AvgIpc) is 2.87. The molecular formula is C20H20ClNO2. The zero-order valence-corrected chi connectivity index (χ0v) is 14.6. The van der Waals surface area contributed by atoms with Crippen LogP contribution in [0.5, 0.6) is 5.75 Å². The van der Waals surface area contributed by atoms with Gasteiger partial charge < -0.3 is 9.30 Å². The number of para-hydroxylation sites is 1. The molecule has 1 heterocycles. The van der Waals surface area contributed by atoms with Gasteiger partial charge in [-0.1, -0.05) is 36.7 Å². The van der Waals surface area contributed by atoms with Gasteiger partial charge in [-0.25, -0.2) is 0 Å². The summed E-state index contributed by atoms with van der Waals surface area (Å²) in [4.78, 5) is 12.7. The van der Waals surface area contributed by atoms with Gasteiger partial charge in [-0.2, -0.15) is 0 Å². The zero-order chi connectivity index (χ0) is 17.1. The molecule has 24 heavy (non-hydrogen) atoms. The highest BCUT2D eigenvalue weighted by Gasteiger charge is 2.20. The van der Waals surface area contributed by atoms with Gasteiger partial charge in [0.05, 0.1) is 5.69 Å². The summed E-state index contributed by atoms with van der Waals surface area (Å²) in [6.07, 6.45) is 1.38. The van der Waals surface area contributed by atoms with Gasteiger partial charge in [0, 0.05) is 35.0 Å². The largest absolute Gasteiger partial charge is 0.487 e. The number of nitrogens with zero attached hydrogens (tertiary/aromatic N) is 1. The minimum Gasteiger partial charge on any atom is -0.487 e. The number of ether oxygens (including phenoxy) is 1. The number of aryl methyl sites for hydroxylation is 1. The molecule has 0 atom stereocenters. The first-order valence-electron chi connectivity index (χ1n) is 8.09. The molecule has 0 saturated carbocycles. The van der Waals surface area contributed by atoms with E-state index in [1.54, 1.807) is 12.1 Å². The van der Waals surface area contributed by atoms with E-state index in [9.17, 15) is 4.79 Å². The lowest BCUT2D eigenvalue weighted by atomic mass is 10.0. The second-order valence-corrected chi connectivity index (χ2v) is 6.25. The summed E-state index contributed by atoms with van der Waals surface area (Å²) in [6, 6.07) is 15.2. The molecule has 4 heteroatoms. The van der Waals surface area contributed by atoms with Crippen molar-refractivity contribution in [1.29, 1.82) is 0 Å². The van der Waals surface area contributed by atoms with Gasteiger partial charge in [-0.05, 0) is 36.8 Å². The van der Waals surface area contributed by atoms with E-state index in [1.807, 2.05) is 54.9 Å². The fourth-order valence-electron chi connectivity index (χ4n) is 2.96. The Labute approximate surface area is 146 Å². The molecule has 3 rings (SSSR count). The highest BCUT2D eigenvalue weighted by atomic mass is 35.5. The maximum atomic E-state index is 12.7. The van der Waals surface area contributed by atoms with Crippen LogP contribution in [0.2, 0.25) is 5.02 Å². The van der Waals surface area contributed by atoms with E-state index in [0.29, 0.717) is 18.1 Å². The third kappa shape index (κ3) is 3.17. The molecule has 2 aromatic carbocycles. The number of halogens is 1. The summed E-state index contributed by atoms with van der Waals surface area (Å²) in [7, 11) is 1.98. The molecule has 0 aliphatic heterocycles. The molecular weight excluding hydrogens is 322 g/mol. The molecule has 0 saturated heterocycles. The third-order valence-electron chi connectivity index (χ3n) is 4.17. The topological polar surface area (TPSA) is 31.2 Å². The van der Waals surface area contributed by atoms with Crippen molar-refractivity contribution < 1.29 is 9.53 Å². The van der Waals surface area contributed by atoms with Crippen LogP contribution in [-0.2, 0) is 13.7 Å². The van der Waals surface area contributed by atoms with E-state index in [4.69, 9.17) is 16.3 Å². The first-order chi connectivity index (χ1) is 11.6. The standard InChI is InChI=1S/C20H20ClNO2/c1-3-6-19(23)20-16-7-4-5-8-17(16)22(2)18(20)13-24-15-11-9-14(21)10-12-15/h4-5,7-12H,3,6,13H2,1-2H3. The van der Waals surface area contributed by atoms with E-state index in [1.165, 1.54) is 0 Å². The fraction of sp³-hybridized carbons (Fsp3) is 0.250. The molecule has 0 N–H and O–H groups in total. The van der Waals surface area contributed by atoms with Crippen LogP contribution in [0.4, 0.5) is 0 Å². The van der Waals surface area contributed by atoms with Gasteiger partial charge in [0.2, 0.25) is 0 Å². The second kappa shape index (κ2) is 7.10. The average molecular weight is 342 g/mol. The number of fused-ring (bicyclic) bond motifs is 1.